The molecule has 174 valence electrons. The molecule has 3 rings (SSSR count). The summed E-state index contributed by atoms with van der Waals surface area (Å²) in [6, 6.07) is 6.66. The van der Waals surface area contributed by atoms with Gasteiger partial charge in [0.05, 0.1) is 36.2 Å². The highest BCUT2D eigenvalue weighted by Crippen LogP contribution is 2.31. The second-order valence-electron chi connectivity index (χ2n) is 7.63. The molecule has 1 aliphatic rings. The number of aliphatic hydroxyl groups is 1. The number of rotatable bonds is 8. The van der Waals surface area contributed by atoms with Crippen LogP contribution in [0.4, 0.5) is 0 Å². The second-order valence-corrected chi connectivity index (χ2v) is 8.06. The van der Waals surface area contributed by atoms with Gasteiger partial charge < -0.3 is 26.6 Å². The lowest BCUT2D eigenvalue weighted by atomic mass is 10.0. The van der Waals surface area contributed by atoms with E-state index >= 15 is 0 Å². The molecule has 1 aliphatic carbocycles. The summed E-state index contributed by atoms with van der Waals surface area (Å²) in [5.41, 5.74) is 11.8. The molecule has 1 aromatic carbocycles. The zero-order valence-electron chi connectivity index (χ0n) is 18.3. The van der Waals surface area contributed by atoms with Gasteiger partial charge >= 0.3 is 0 Å². The van der Waals surface area contributed by atoms with E-state index in [1.165, 1.54) is 25.7 Å². The molecule has 10 heteroatoms. The minimum Gasteiger partial charge on any atom is -0.496 e. The molecule has 0 aliphatic heterocycles. The van der Waals surface area contributed by atoms with E-state index in [9.17, 15) is 9.90 Å². The number of benzene rings is 1. The predicted molar refractivity (Wildman–Crippen MR) is 127 cm³/mol. The van der Waals surface area contributed by atoms with Crippen molar-refractivity contribution in [2.45, 2.75) is 31.3 Å². The van der Waals surface area contributed by atoms with Gasteiger partial charge in [0.25, 0.3) is 5.91 Å². The number of nitrogens with one attached hydrogen (secondary N) is 1. The Kier molecular flexibility index (Phi) is 8.02. The van der Waals surface area contributed by atoms with Crippen molar-refractivity contribution < 1.29 is 14.6 Å². The first kappa shape index (κ1) is 24.2. The highest BCUT2D eigenvalue weighted by molar-refractivity contribution is 6.31. The van der Waals surface area contributed by atoms with E-state index < -0.39 is 11.5 Å². The van der Waals surface area contributed by atoms with Crippen molar-refractivity contribution in [1.82, 2.24) is 15.3 Å². The van der Waals surface area contributed by atoms with Gasteiger partial charge in [0.2, 0.25) is 0 Å². The first-order valence-electron chi connectivity index (χ1n) is 10.4. The number of nitrogens with zero attached hydrogens (tertiary/aromatic N) is 3. The van der Waals surface area contributed by atoms with Crippen molar-refractivity contribution in [1.29, 1.82) is 0 Å². The van der Waals surface area contributed by atoms with Gasteiger partial charge in [0.15, 0.2) is 5.82 Å². The number of hydrogen-bond acceptors (Lipinski definition) is 8. The third-order valence-electron chi connectivity index (χ3n) is 5.37. The molecule has 0 atom stereocenters. The third-order valence-corrected chi connectivity index (χ3v) is 5.61. The smallest absolute Gasteiger partial charge is 0.261 e. The second kappa shape index (κ2) is 10.9. The number of nitrogens with two attached hydrogens (primary N) is 2. The molecule has 1 amide bonds. The molecule has 0 spiro atoms. The third kappa shape index (κ3) is 5.88. The quantitative estimate of drug-likeness (QED) is 0.341. The van der Waals surface area contributed by atoms with Crippen LogP contribution >= 0.6 is 11.6 Å². The van der Waals surface area contributed by atoms with E-state index in [0.29, 0.717) is 34.9 Å². The predicted octanol–water partition coefficient (Wildman–Crippen LogP) is 2.15. The number of carbonyl (C=O) groups excluding carboxylic acids is 1. The van der Waals surface area contributed by atoms with Gasteiger partial charge in [-0.2, -0.15) is 0 Å². The number of halogens is 1. The molecule has 0 unspecified atom stereocenters. The van der Waals surface area contributed by atoms with Crippen molar-refractivity contribution in [3.63, 3.8) is 0 Å². The average molecular weight is 471 g/mol. The van der Waals surface area contributed by atoms with Gasteiger partial charge in [-0.05, 0) is 37.1 Å². The van der Waals surface area contributed by atoms with Crippen molar-refractivity contribution in [3.05, 3.63) is 71.2 Å². The lowest BCUT2D eigenvalue weighted by molar-refractivity contribution is -0.114. The fourth-order valence-corrected chi connectivity index (χ4v) is 3.83. The van der Waals surface area contributed by atoms with Crippen LogP contribution in [-0.2, 0) is 4.79 Å². The Morgan fingerprint density at radius 2 is 1.97 bits per heavy atom. The lowest BCUT2D eigenvalue weighted by Crippen LogP contribution is -2.33. The van der Waals surface area contributed by atoms with E-state index in [2.05, 4.69) is 20.3 Å². The van der Waals surface area contributed by atoms with Gasteiger partial charge in [-0.3, -0.25) is 9.79 Å². The summed E-state index contributed by atoms with van der Waals surface area (Å²) < 4.78 is 5.48. The fourth-order valence-electron chi connectivity index (χ4n) is 3.66. The fraction of sp³-hybridized carbons (Fsp3) is 0.304. The minimum atomic E-state index is -0.916. The van der Waals surface area contributed by atoms with E-state index in [1.807, 2.05) is 0 Å². The molecular weight excluding hydrogens is 444 g/mol. The lowest BCUT2D eigenvalue weighted by Gasteiger charge is -2.21. The van der Waals surface area contributed by atoms with Gasteiger partial charge in [-0.15, -0.1) is 0 Å². The zero-order chi connectivity index (χ0) is 23.8. The number of amides is 1. The van der Waals surface area contributed by atoms with Gasteiger partial charge in [-0.25, -0.2) is 9.97 Å². The molecule has 0 saturated heterocycles. The number of ether oxygens (including phenoxy) is 1. The van der Waals surface area contributed by atoms with Crippen LogP contribution in [0.25, 0.3) is 5.57 Å². The first-order chi connectivity index (χ1) is 15.9. The molecule has 1 fully saturated rings. The normalized spacial score (nSPS) is 16.5. The Labute approximate surface area is 197 Å². The first-order valence-corrected chi connectivity index (χ1v) is 10.8. The van der Waals surface area contributed by atoms with Crippen LogP contribution in [0.2, 0.25) is 5.02 Å². The molecule has 2 aromatic rings. The van der Waals surface area contributed by atoms with Gasteiger partial charge in [0.1, 0.15) is 5.75 Å². The number of carbonyl (C=O) groups is 1. The Balaban J connectivity index is 1.99. The average Bonchev–Trinajstić information content (AvgIpc) is 3.26. The summed E-state index contributed by atoms with van der Waals surface area (Å²) in [5.74, 6) is 0.0628. The standard InChI is InChI=1S/C23H27ClN6O3/c1-33-19-6-5-15(24)11-16(19)20(29-14-23(32)7-2-3-8-23)18(13-26)30-22(31)17(12-25)21-27-9-4-10-28-21/h4-6,9-13,32H,2-3,7-8,14,25-26H2,1H3,(H,30,31). The zero-order valence-corrected chi connectivity index (χ0v) is 19.0. The Morgan fingerprint density at radius 3 is 2.58 bits per heavy atom. The van der Waals surface area contributed by atoms with Crippen LogP contribution in [-0.4, -0.2) is 45.9 Å². The molecule has 0 radical (unpaired) electrons. The van der Waals surface area contributed by atoms with Crippen molar-refractivity contribution in [2.75, 3.05) is 13.7 Å². The summed E-state index contributed by atoms with van der Waals surface area (Å²) in [7, 11) is 1.52. The topological polar surface area (TPSA) is 149 Å². The minimum absolute atomic E-state index is 0.0572. The summed E-state index contributed by atoms with van der Waals surface area (Å²) in [6.07, 6.45) is 8.51. The van der Waals surface area contributed by atoms with Crippen LogP contribution in [0.3, 0.4) is 0 Å². The highest BCUT2D eigenvalue weighted by atomic mass is 35.5. The van der Waals surface area contributed by atoms with Crippen LogP contribution in [0, 0.1) is 0 Å². The monoisotopic (exact) mass is 470 g/mol. The van der Waals surface area contributed by atoms with E-state index in [1.54, 1.807) is 24.3 Å². The largest absolute Gasteiger partial charge is 0.496 e. The van der Waals surface area contributed by atoms with Gasteiger partial charge in [-0.1, -0.05) is 24.4 Å². The van der Waals surface area contributed by atoms with Crippen LogP contribution in [0.15, 0.2) is 59.7 Å². The summed E-state index contributed by atoms with van der Waals surface area (Å²) >= 11 is 6.24. The van der Waals surface area contributed by atoms with Crippen molar-refractivity contribution in [2.24, 2.45) is 16.5 Å². The Morgan fingerprint density at radius 1 is 1.27 bits per heavy atom. The van der Waals surface area contributed by atoms with Crippen molar-refractivity contribution >= 4 is 28.8 Å². The number of aliphatic imine (C=N–C) groups is 1. The summed E-state index contributed by atoms with van der Waals surface area (Å²) in [4.78, 5) is 25.8. The molecule has 9 nitrogen and oxygen atoms in total. The Bertz CT molecular complexity index is 1080. The molecule has 0 bridgehead atoms. The molecule has 6 N–H and O–H groups in total. The molecule has 1 saturated carbocycles. The number of hydrogen-bond donors (Lipinski definition) is 4. The Hall–Kier alpha value is -3.43. The molecule has 1 aromatic heterocycles. The molecular formula is C23H27ClN6O3. The summed E-state index contributed by atoms with van der Waals surface area (Å²) in [5, 5.41) is 14.0. The van der Waals surface area contributed by atoms with Crippen LogP contribution in [0.5, 0.6) is 5.75 Å². The van der Waals surface area contributed by atoms with E-state index in [-0.39, 0.29) is 23.6 Å². The number of allylic oxidation sites excluding steroid dienone is 1. The maximum atomic E-state index is 13.0. The summed E-state index contributed by atoms with van der Waals surface area (Å²) in [6.45, 7) is 0.132. The molecule has 33 heavy (non-hydrogen) atoms. The van der Waals surface area contributed by atoms with E-state index in [4.69, 9.17) is 27.8 Å². The highest BCUT2D eigenvalue weighted by Gasteiger charge is 2.31. The maximum Gasteiger partial charge on any atom is 0.261 e. The SMILES string of the molecule is COc1ccc(Cl)cc1C(=NCC1(O)CCCC1)C(=CN)NC(=O)C(=CN)c1ncccn1. The van der Waals surface area contributed by atoms with Crippen LogP contribution < -0.4 is 21.5 Å². The van der Waals surface area contributed by atoms with Crippen LogP contribution in [0.1, 0.15) is 37.1 Å². The van der Waals surface area contributed by atoms with Crippen molar-refractivity contribution in [3.8, 4) is 5.75 Å². The van der Waals surface area contributed by atoms with E-state index in [0.717, 1.165) is 19.0 Å². The molecule has 1 heterocycles. The number of aromatic nitrogens is 2. The number of methoxy groups -OCH3 is 1. The van der Waals surface area contributed by atoms with Gasteiger partial charge in [0, 0.05) is 35.4 Å². The maximum absolute atomic E-state index is 13.0.